The number of rotatable bonds is 7. The van der Waals surface area contributed by atoms with Gasteiger partial charge in [0.2, 0.25) is 0 Å². The van der Waals surface area contributed by atoms with E-state index in [0.717, 1.165) is 6.07 Å². The SMILES string of the molecule is Cc1ccc(S(=O)(=O)Nc2ccc(C(=O)N(C)Cc3cccc(F)c3)cc2)cc1[N+](=O)[O-]. The van der Waals surface area contributed by atoms with Crippen molar-refractivity contribution in [3.05, 3.63) is 99.4 Å². The number of amides is 1. The molecule has 1 N–H and O–H groups in total. The fourth-order valence-corrected chi connectivity index (χ4v) is 4.13. The van der Waals surface area contributed by atoms with Crippen molar-refractivity contribution in [1.29, 1.82) is 0 Å². The van der Waals surface area contributed by atoms with Crippen LogP contribution in [0.25, 0.3) is 0 Å². The summed E-state index contributed by atoms with van der Waals surface area (Å²) in [6.45, 7) is 1.72. The van der Waals surface area contributed by atoms with Gasteiger partial charge in [-0.2, -0.15) is 0 Å². The van der Waals surface area contributed by atoms with E-state index in [1.54, 1.807) is 19.2 Å². The standard InChI is InChI=1S/C22H20FN3O5S/c1-15-6-11-20(13-21(15)26(28)29)32(30,31)24-19-9-7-17(8-10-19)22(27)25(2)14-16-4-3-5-18(23)12-16/h3-13,24H,14H2,1-2H3. The van der Waals surface area contributed by atoms with E-state index < -0.39 is 14.9 Å². The third kappa shape index (κ3) is 5.27. The van der Waals surface area contributed by atoms with Gasteiger partial charge in [-0.25, -0.2) is 12.8 Å². The van der Waals surface area contributed by atoms with Gasteiger partial charge in [-0.1, -0.05) is 18.2 Å². The molecule has 1 amide bonds. The Kier molecular flexibility index (Phi) is 6.54. The molecule has 0 aliphatic carbocycles. The highest BCUT2D eigenvalue weighted by Gasteiger charge is 2.20. The maximum atomic E-state index is 13.3. The lowest BCUT2D eigenvalue weighted by atomic mass is 10.1. The first-order valence-corrected chi connectivity index (χ1v) is 10.9. The quantitative estimate of drug-likeness (QED) is 0.424. The molecular weight excluding hydrogens is 437 g/mol. The maximum absolute atomic E-state index is 13.3. The van der Waals surface area contributed by atoms with Crippen LogP contribution >= 0.6 is 0 Å². The summed E-state index contributed by atoms with van der Waals surface area (Å²) in [7, 11) is -2.49. The Morgan fingerprint density at radius 3 is 2.41 bits per heavy atom. The number of aryl methyl sites for hydroxylation is 1. The van der Waals surface area contributed by atoms with Crippen molar-refractivity contribution in [1.82, 2.24) is 4.90 Å². The molecule has 0 bridgehead atoms. The van der Waals surface area contributed by atoms with Gasteiger partial charge in [-0.15, -0.1) is 0 Å². The van der Waals surface area contributed by atoms with E-state index in [4.69, 9.17) is 0 Å². The third-order valence-corrected chi connectivity index (χ3v) is 6.11. The molecule has 3 rings (SSSR count). The fraction of sp³-hybridized carbons (Fsp3) is 0.136. The van der Waals surface area contributed by atoms with Crippen LogP contribution in [0.1, 0.15) is 21.5 Å². The minimum atomic E-state index is -4.07. The fourth-order valence-electron chi connectivity index (χ4n) is 3.05. The van der Waals surface area contributed by atoms with E-state index in [1.807, 2.05) is 0 Å². The lowest BCUT2D eigenvalue weighted by Crippen LogP contribution is -2.26. The van der Waals surface area contributed by atoms with Gasteiger partial charge >= 0.3 is 0 Å². The number of hydrogen-bond acceptors (Lipinski definition) is 5. The number of nitrogens with one attached hydrogen (secondary N) is 1. The number of benzene rings is 3. The van der Waals surface area contributed by atoms with Gasteiger partial charge in [0, 0.05) is 36.5 Å². The second-order valence-corrected chi connectivity index (χ2v) is 8.86. The lowest BCUT2D eigenvalue weighted by Gasteiger charge is -2.17. The van der Waals surface area contributed by atoms with Crippen LogP contribution in [0, 0.1) is 22.9 Å². The van der Waals surface area contributed by atoms with E-state index >= 15 is 0 Å². The summed E-state index contributed by atoms with van der Waals surface area (Å²) in [6.07, 6.45) is 0. The first kappa shape index (κ1) is 22.9. The summed E-state index contributed by atoms with van der Waals surface area (Å²) in [4.78, 5) is 24.2. The molecular formula is C22H20FN3O5S. The molecule has 0 unspecified atom stereocenters. The molecule has 0 aliphatic heterocycles. The second kappa shape index (κ2) is 9.15. The molecule has 8 nitrogen and oxygen atoms in total. The Hall–Kier alpha value is -3.79. The number of nitro benzene ring substituents is 1. The van der Waals surface area contributed by atoms with Crippen molar-refractivity contribution in [3.8, 4) is 0 Å². The number of hydrogen-bond donors (Lipinski definition) is 1. The topological polar surface area (TPSA) is 110 Å². The number of anilines is 1. The predicted molar refractivity (Wildman–Crippen MR) is 117 cm³/mol. The van der Waals surface area contributed by atoms with Gasteiger partial charge in [-0.05, 0) is 55.0 Å². The molecule has 3 aromatic rings. The summed E-state index contributed by atoms with van der Waals surface area (Å²) in [6, 6.07) is 15.3. The molecule has 0 spiro atoms. The zero-order valence-corrected chi connectivity index (χ0v) is 18.1. The molecule has 32 heavy (non-hydrogen) atoms. The first-order valence-electron chi connectivity index (χ1n) is 9.44. The molecule has 0 saturated heterocycles. The number of sulfonamides is 1. The minimum absolute atomic E-state index is 0.192. The number of halogens is 1. The molecule has 0 saturated carbocycles. The molecule has 0 fully saturated rings. The van der Waals surface area contributed by atoms with Gasteiger partial charge in [0.15, 0.2) is 0 Å². The first-order chi connectivity index (χ1) is 15.1. The molecule has 0 aromatic heterocycles. The van der Waals surface area contributed by atoms with Crippen LogP contribution in [-0.4, -0.2) is 31.2 Å². The normalized spacial score (nSPS) is 11.1. The van der Waals surface area contributed by atoms with E-state index in [1.165, 1.54) is 60.4 Å². The second-order valence-electron chi connectivity index (χ2n) is 7.18. The Morgan fingerprint density at radius 1 is 1.09 bits per heavy atom. The number of nitrogens with zero attached hydrogens (tertiary/aromatic N) is 2. The summed E-state index contributed by atoms with van der Waals surface area (Å²) in [5.41, 5.74) is 1.20. The molecule has 3 aromatic carbocycles. The van der Waals surface area contributed by atoms with Crippen molar-refractivity contribution < 1.29 is 22.5 Å². The largest absolute Gasteiger partial charge is 0.337 e. The molecule has 0 heterocycles. The smallest absolute Gasteiger partial charge is 0.273 e. The summed E-state index contributed by atoms with van der Waals surface area (Å²) < 4.78 is 40.9. The zero-order valence-electron chi connectivity index (χ0n) is 17.3. The van der Waals surface area contributed by atoms with Crippen LogP contribution in [0.15, 0.2) is 71.6 Å². The maximum Gasteiger partial charge on any atom is 0.273 e. The average molecular weight is 457 g/mol. The van der Waals surface area contributed by atoms with Gasteiger partial charge in [0.25, 0.3) is 21.6 Å². The highest BCUT2D eigenvalue weighted by Crippen LogP contribution is 2.24. The highest BCUT2D eigenvalue weighted by molar-refractivity contribution is 7.92. The number of carbonyl (C=O) groups excluding carboxylic acids is 1. The Balaban J connectivity index is 1.73. The molecule has 0 radical (unpaired) electrons. The van der Waals surface area contributed by atoms with Crippen LogP contribution < -0.4 is 4.72 Å². The molecule has 10 heteroatoms. The summed E-state index contributed by atoms with van der Waals surface area (Å²) >= 11 is 0. The van der Waals surface area contributed by atoms with Crippen LogP contribution in [0.2, 0.25) is 0 Å². The number of nitro groups is 1. The average Bonchev–Trinajstić information content (AvgIpc) is 2.73. The third-order valence-electron chi connectivity index (χ3n) is 4.73. The van der Waals surface area contributed by atoms with Crippen molar-refractivity contribution >= 4 is 27.3 Å². The molecule has 166 valence electrons. The predicted octanol–water partition coefficient (Wildman–Crippen LogP) is 4.12. The van der Waals surface area contributed by atoms with Crippen molar-refractivity contribution in [2.24, 2.45) is 0 Å². The Morgan fingerprint density at radius 2 is 1.78 bits per heavy atom. The van der Waals surface area contributed by atoms with Gasteiger partial charge in [0.1, 0.15) is 5.82 Å². The van der Waals surface area contributed by atoms with E-state index in [0.29, 0.717) is 16.7 Å². The monoisotopic (exact) mass is 457 g/mol. The van der Waals surface area contributed by atoms with Crippen LogP contribution in [0.3, 0.4) is 0 Å². The van der Waals surface area contributed by atoms with E-state index in [9.17, 15) is 27.7 Å². The zero-order chi connectivity index (χ0) is 23.5. The van der Waals surface area contributed by atoms with Crippen molar-refractivity contribution in [2.45, 2.75) is 18.4 Å². The van der Waals surface area contributed by atoms with Gasteiger partial charge < -0.3 is 4.90 Å². The van der Waals surface area contributed by atoms with Crippen LogP contribution in [0.5, 0.6) is 0 Å². The molecule has 0 atom stereocenters. The van der Waals surface area contributed by atoms with Crippen molar-refractivity contribution in [3.63, 3.8) is 0 Å². The van der Waals surface area contributed by atoms with Gasteiger partial charge in [-0.3, -0.25) is 19.6 Å². The van der Waals surface area contributed by atoms with Crippen molar-refractivity contribution in [2.75, 3.05) is 11.8 Å². The summed E-state index contributed by atoms with van der Waals surface area (Å²) in [5, 5.41) is 11.1. The van der Waals surface area contributed by atoms with Gasteiger partial charge in [0.05, 0.1) is 9.82 Å². The molecule has 0 aliphatic rings. The Labute approximate surface area is 184 Å². The highest BCUT2D eigenvalue weighted by atomic mass is 32.2. The van der Waals surface area contributed by atoms with Crippen LogP contribution in [0.4, 0.5) is 15.8 Å². The minimum Gasteiger partial charge on any atom is -0.337 e. The Bertz CT molecular complexity index is 1280. The summed E-state index contributed by atoms with van der Waals surface area (Å²) in [5.74, 6) is -0.711. The van der Waals surface area contributed by atoms with E-state index in [-0.39, 0.29) is 34.5 Å². The van der Waals surface area contributed by atoms with E-state index in [2.05, 4.69) is 4.72 Å². The van der Waals surface area contributed by atoms with Crippen LogP contribution in [-0.2, 0) is 16.6 Å². The number of carbonyl (C=O) groups is 1. The lowest BCUT2D eigenvalue weighted by molar-refractivity contribution is -0.385.